The normalized spacial score (nSPS) is 21.1. The molecule has 2 saturated heterocycles. The van der Waals surface area contributed by atoms with Gasteiger partial charge in [0.2, 0.25) is 0 Å². The molecule has 3 heterocycles. The largest absolute Gasteiger partial charge is 0.390 e. The van der Waals surface area contributed by atoms with Crippen LogP contribution in [0.25, 0.3) is 11.3 Å². The number of benzene rings is 2. The lowest BCUT2D eigenvalue weighted by Gasteiger charge is -2.39. The van der Waals surface area contributed by atoms with Crippen LogP contribution in [0.3, 0.4) is 0 Å². The first-order valence-electron chi connectivity index (χ1n) is 11.3. The molecule has 3 aromatic rings. The van der Waals surface area contributed by atoms with E-state index in [2.05, 4.69) is 19.8 Å². The summed E-state index contributed by atoms with van der Waals surface area (Å²) in [6.07, 6.45) is 1.02. The quantitative estimate of drug-likeness (QED) is 0.594. The van der Waals surface area contributed by atoms with Crippen LogP contribution in [0.4, 0.5) is 5.82 Å². The molecule has 1 N–H and O–H groups in total. The summed E-state index contributed by atoms with van der Waals surface area (Å²) < 4.78 is 0. The van der Waals surface area contributed by atoms with Crippen LogP contribution in [0.1, 0.15) is 10.4 Å². The number of halogens is 2. The zero-order valence-corrected chi connectivity index (χ0v) is 20.0. The van der Waals surface area contributed by atoms with Gasteiger partial charge >= 0.3 is 0 Å². The Bertz CT molecular complexity index is 1150. The van der Waals surface area contributed by atoms with E-state index in [-0.39, 0.29) is 11.9 Å². The van der Waals surface area contributed by atoms with Gasteiger partial charge in [-0.1, -0.05) is 35.3 Å². The summed E-state index contributed by atoms with van der Waals surface area (Å²) in [6.45, 7) is 3.98. The summed E-state index contributed by atoms with van der Waals surface area (Å²) in [4.78, 5) is 28.0. The number of amides is 1. The van der Waals surface area contributed by atoms with Crippen molar-refractivity contribution in [3.63, 3.8) is 0 Å². The van der Waals surface area contributed by atoms with Gasteiger partial charge in [0.1, 0.15) is 12.1 Å². The minimum absolute atomic E-state index is 0.0755. The van der Waals surface area contributed by atoms with Gasteiger partial charge in [0.15, 0.2) is 0 Å². The van der Waals surface area contributed by atoms with Gasteiger partial charge in [-0.15, -0.1) is 0 Å². The van der Waals surface area contributed by atoms with Gasteiger partial charge < -0.3 is 14.9 Å². The fraction of sp³-hybridized carbons (Fsp3) is 0.320. The van der Waals surface area contributed by atoms with Crippen LogP contribution in [0.15, 0.2) is 60.9 Å². The molecule has 0 radical (unpaired) electrons. The van der Waals surface area contributed by atoms with Gasteiger partial charge in [-0.05, 0) is 36.4 Å². The number of hydrogen-bond acceptors (Lipinski definition) is 6. The van der Waals surface area contributed by atoms with E-state index < -0.39 is 6.10 Å². The smallest absolute Gasteiger partial charge is 0.253 e. The van der Waals surface area contributed by atoms with E-state index in [9.17, 15) is 9.90 Å². The van der Waals surface area contributed by atoms with Gasteiger partial charge in [-0.2, -0.15) is 0 Å². The highest BCUT2D eigenvalue weighted by atomic mass is 35.5. The number of hydrogen-bond donors (Lipinski definition) is 1. The molecule has 1 aromatic heterocycles. The number of piperazine rings is 1. The monoisotopic (exact) mass is 497 g/mol. The Balaban J connectivity index is 1.21. The van der Waals surface area contributed by atoms with Crippen molar-refractivity contribution in [1.29, 1.82) is 0 Å². The van der Waals surface area contributed by atoms with Crippen LogP contribution in [-0.2, 0) is 0 Å². The number of carbonyl (C=O) groups excluding carboxylic acids is 1. The number of aromatic nitrogens is 2. The lowest BCUT2D eigenvalue weighted by atomic mass is 10.1. The number of β-amino-alcohol motifs (C(OH)–C–C–N with tert-alkyl or cyclic N) is 1. The third kappa shape index (κ3) is 4.88. The lowest BCUT2D eigenvalue weighted by molar-refractivity contribution is 0.0754. The number of anilines is 1. The van der Waals surface area contributed by atoms with Gasteiger partial charge in [-0.25, -0.2) is 9.97 Å². The Morgan fingerprint density at radius 3 is 2.21 bits per heavy atom. The standard InChI is InChI=1S/C25H25Cl2N5O2/c26-19-5-1-17(2-6-19)21-13-24(29-16-28-21)31-11-9-30(10-12-31)22-14-32(15-23(22)33)25(34)18-3-7-20(27)8-4-18/h1-8,13,16,22-23,33H,9-12,14-15H2. The van der Waals surface area contributed by atoms with E-state index in [4.69, 9.17) is 23.2 Å². The zero-order valence-electron chi connectivity index (χ0n) is 18.5. The lowest BCUT2D eigenvalue weighted by Crippen LogP contribution is -2.54. The number of aliphatic hydroxyl groups is 1. The molecule has 0 spiro atoms. The fourth-order valence-electron chi connectivity index (χ4n) is 4.65. The molecule has 0 aliphatic carbocycles. The average Bonchev–Trinajstić information content (AvgIpc) is 3.26. The molecule has 5 rings (SSSR count). The number of aliphatic hydroxyl groups excluding tert-OH is 1. The van der Waals surface area contributed by atoms with Crippen molar-refractivity contribution >= 4 is 34.9 Å². The first kappa shape index (κ1) is 23.1. The van der Waals surface area contributed by atoms with Crippen molar-refractivity contribution in [2.45, 2.75) is 12.1 Å². The predicted octanol–water partition coefficient (Wildman–Crippen LogP) is 3.46. The topological polar surface area (TPSA) is 72.8 Å². The van der Waals surface area contributed by atoms with Crippen molar-refractivity contribution in [3.05, 3.63) is 76.5 Å². The summed E-state index contributed by atoms with van der Waals surface area (Å²) in [5, 5.41) is 12.0. The highest BCUT2D eigenvalue weighted by molar-refractivity contribution is 6.30. The van der Waals surface area contributed by atoms with E-state index in [0.29, 0.717) is 28.7 Å². The number of carbonyl (C=O) groups is 1. The summed E-state index contributed by atoms with van der Waals surface area (Å²) >= 11 is 11.9. The fourth-order valence-corrected chi connectivity index (χ4v) is 4.90. The van der Waals surface area contributed by atoms with Crippen molar-refractivity contribution in [2.75, 3.05) is 44.2 Å². The van der Waals surface area contributed by atoms with E-state index in [0.717, 1.165) is 43.3 Å². The maximum atomic E-state index is 12.9. The minimum atomic E-state index is -0.571. The molecule has 2 fully saturated rings. The second-order valence-electron chi connectivity index (χ2n) is 8.64. The highest BCUT2D eigenvalue weighted by Crippen LogP contribution is 2.25. The van der Waals surface area contributed by atoms with Crippen LogP contribution < -0.4 is 4.90 Å². The van der Waals surface area contributed by atoms with E-state index >= 15 is 0 Å². The van der Waals surface area contributed by atoms with Gasteiger partial charge in [0.25, 0.3) is 5.91 Å². The molecule has 176 valence electrons. The van der Waals surface area contributed by atoms with Crippen LogP contribution in [-0.4, -0.2) is 82.2 Å². The molecular weight excluding hydrogens is 473 g/mol. The Labute approximate surface area is 208 Å². The number of nitrogens with zero attached hydrogens (tertiary/aromatic N) is 5. The van der Waals surface area contributed by atoms with Crippen LogP contribution in [0.5, 0.6) is 0 Å². The minimum Gasteiger partial charge on any atom is -0.390 e. The first-order chi connectivity index (χ1) is 16.5. The number of rotatable bonds is 4. The summed E-state index contributed by atoms with van der Waals surface area (Å²) in [5.41, 5.74) is 2.43. The number of likely N-dealkylation sites (tertiary alicyclic amines) is 1. The summed E-state index contributed by atoms with van der Waals surface area (Å²) in [7, 11) is 0. The van der Waals surface area contributed by atoms with Gasteiger partial charge in [-0.3, -0.25) is 9.69 Å². The Kier molecular flexibility index (Phi) is 6.70. The Morgan fingerprint density at radius 1 is 0.882 bits per heavy atom. The third-order valence-electron chi connectivity index (χ3n) is 6.54. The van der Waals surface area contributed by atoms with Crippen molar-refractivity contribution in [2.24, 2.45) is 0 Å². The molecule has 7 nitrogen and oxygen atoms in total. The molecule has 0 bridgehead atoms. The highest BCUT2D eigenvalue weighted by Gasteiger charge is 2.39. The molecule has 34 heavy (non-hydrogen) atoms. The van der Waals surface area contributed by atoms with E-state index in [1.807, 2.05) is 30.3 Å². The Morgan fingerprint density at radius 2 is 1.53 bits per heavy atom. The SMILES string of the molecule is O=C(c1ccc(Cl)cc1)N1CC(O)C(N2CCN(c3cc(-c4ccc(Cl)cc4)ncn3)CC2)C1. The average molecular weight is 498 g/mol. The molecular formula is C25H25Cl2N5O2. The van der Waals surface area contributed by atoms with E-state index in [1.54, 1.807) is 35.5 Å². The second-order valence-corrected chi connectivity index (χ2v) is 9.52. The maximum absolute atomic E-state index is 12.9. The van der Waals surface area contributed by atoms with Gasteiger partial charge in [0, 0.05) is 66.5 Å². The third-order valence-corrected chi connectivity index (χ3v) is 7.04. The molecule has 2 aromatic carbocycles. The molecule has 1 amide bonds. The molecule has 2 unspecified atom stereocenters. The van der Waals surface area contributed by atoms with Gasteiger partial charge in [0.05, 0.1) is 17.8 Å². The van der Waals surface area contributed by atoms with Crippen LogP contribution in [0, 0.1) is 0 Å². The Hall–Kier alpha value is -2.71. The maximum Gasteiger partial charge on any atom is 0.253 e. The zero-order chi connectivity index (χ0) is 23.7. The first-order valence-corrected chi connectivity index (χ1v) is 12.0. The van der Waals surface area contributed by atoms with Crippen LogP contribution in [0.2, 0.25) is 10.0 Å². The van der Waals surface area contributed by atoms with E-state index in [1.165, 1.54) is 0 Å². The predicted molar refractivity (Wildman–Crippen MR) is 133 cm³/mol. The van der Waals surface area contributed by atoms with Crippen molar-refractivity contribution in [3.8, 4) is 11.3 Å². The molecule has 2 aliphatic heterocycles. The molecule has 9 heteroatoms. The van der Waals surface area contributed by atoms with Crippen molar-refractivity contribution in [1.82, 2.24) is 19.8 Å². The van der Waals surface area contributed by atoms with Crippen LogP contribution >= 0.6 is 23.2 Å². The molecule has 2 aliphatic rings. The molecule has 2 atom stereocenters. The summed E-state index contributed by atoms with van der Waals surface area (Å²) in [6, 6.07) is 16.4. The summed E-state index contributed by atoms with van der Waals surface area (Å²) in [5.74, 6) is 0.804. The molecule has 0 saturated carbocycles. The second kappa shape index (κ2) is 9.88. The van der Waals surface area contributed by atoms with Crippen molar-refractivity contribution < 1.29 is 9.90 Å².